The number of carbonyl (C=O) groups is 4. The van der Waals surface area contributed by atoms with Gasteiger partial charge in [-0.15, -0.1) is 21.4 Å². The van der Waals surface area contributed by atoms with Crippen molar-refractivity contribution in [3.63, 3.8) is 0 Å². The van der Waals surface area contributed by atoms with Crippen LogP contribution in [-0.4, -0.2) is 110 Å². The van der Waals surface area contributed by atoms with Crippen LogP contribution in [-0.2, 0) is 30.0 Å². The first-order valence-electron chi connectivity index (χ1n) is 21.7. The number of thiophene rings is 1. The van der Waals surface area contributed by atoms with Crippen molar-refractivity contribution in [1.29, 1.82) is 0 Å². The molecule has 0 bridgehead atoms. The third-order valence-corrected chi connectivity index (χ3v) is 13.5. The standard InChI is InChI=1S/C27H31N2O3PS.C13H17N3O2.C6H12FNO2/c1-18-13-20(18)15-23(27(31)29-11-5-6-12-29)28-26(30)25-16-21-14-19(9-10-24(21)34-25)17-33-32-22-7-3-2-4-8-22;17-10-15-8-11(9-15)12-7-14-2-1-13(12)16-3-5-18-6-4-16;1-3-4-10-6(9)5(2)8-7/h2-4,7-10,14,16,18,20,23,33H,5-6,11-13,15,17H2,1H3,(H,28,30);1-2,7,10-11H,3-6,8-9H2;5,8H,3-4H2,1-2H3/t18-,20-,23+;;/m1../s1. The van der Waals surface area contributed by atoms with Crippen LogP contribution >= 0.6 is 20.1 Å². The molecule has 4 fully saturated rings. The summed E-state index contributed by atoms with van der Waals surface area (Å²) < 4.78 is 28.4. The molecule has 3 amide bonds. The number of likely N-dealkylation sites (tertiary alicyclic amines) is 2. The molecule has 4 aromatic rings. The fourth-order valence-corrected chi connectivity index (χ4v) is 9.33. The lowest BCUT2D eigenvalue weighted by Gasteiger charge is -2.39. The SMILES string of the molecule is CCCOC(=O)C(C)NF.C[C@@H]1C[C@@H]1C[C@H](NC(=O)c1cc2cc(CPOc3ccccc3)ccc2s1)C(=O)N1CCCC1.O=CN1CC(c2cnccc2N2CCOCC2)C1. The molecule has 3 aliphatic heterocycles. The number of para-hydroxylation sites is 1. The highest BCUT2D eigenvalue weighted by molar-refractivity contribution is 7.31. The molecule has 16 heteroatoms. The minimum Gasteiger partial charge on any atom is -0.477 e. The third-order valence-electron chi connectivity index (χ3n) is 11.5. The van der Waals surface area contributed by atoms with Crippen LogP contribution in [0, 0.1) is 11.8 Å². The van der Waals surface area contributed by atoms with Crippen LogP contribution < -0.4 is 20.3 Å². The number of fused-ring (bicyclic) bond motifs is 1. The van der Waals surface area contributed by atoms with Crippen LogP contribution in [0.25, 0.3) is 10.1 Å². The molecule has 5 heterocycles. The fraction of sp³-hybridized carbons (Fsp3) is 0.500. The van der Waals surface area contributed by atoms with E-state index in [2.05, 4.69) is 51.1 Å². The van der Waals surface area contributed by atoms with Crippen molar-refractivity contribution in [1.82, 2.24) is 25.6 Å². The van der Waals surface area contributed by atoms with Crippen LogP contribution in [0.1, 0.15) is 79.6 Å². The predicted molar refractivity (Wildman–Crippen MR) is 242 cm³/mol. The quantitative estimate of drug-likeness (QED) is 0.0517. The van der Waals surface area contributed by atoms with Crippen LogP contribution in [0.2, 0.25) is 0 Å². The molecule has 5 atom stereocenters. The van der Waals surface area contributed by atoms with Crippen LogP contribution in [0.3, 0.4) is 0 Å². The number of nitrogens with one attached hydrogen (secondary N) is 2. The van der Waals surface area contributed by atoms with Gasteiger partial charge in [-0.2, -0.15) is 0 Å². The highest BCUT2D eigenvalue weighted by Crippen LogP contribution is 2.42. The molecule has 0 spiro atoms. The molecule has 1 saturated carbocycles. The molecule has 0 radical (unpaired) electrons. The van der Waals surface area contributed by atoms with Crippen molar-refractivity contribution in [2.45, 2.75) is 77.0 Å². The van der Waals surface area contributed by atoms with E-state index in [1.807, 2.05) is 60.6 Å². The number of halogens is 1. The number of ether oxygens (including phenoxy) is 2. The highest BCUT2D eigenvalue weighted by atomic mass is 32.1. The number of hydrogen-bond acceptors (Lipinski definition) is 11. The number of esters is 1. The first-order chi connectivity index (χ1) is 30.2. The Kier molecular flexibility index (Phi) is 17.9. The number of benzene rings is 2. The fourth-order valence-electron chi connectivity index (χ4n) is 7.62. The smallest absolute Gasteiger partial charge is 0.325 e. The first-order valence-corrected chi connectivity index (χ1v) is 23.7. The largest absolute Gasteiger partial charge is 0.477 e. The van der Waals surface area contributed by atoms with E-state index in [0.717, 1.165) is 113 Å². The molecule has 2 unspecified atom stereocenters. The molecule has 3 saturated heterocycles. The number of aromatic nitrogens is 1. The van der Waals surface area contributed by atoms with Gasteiger partial charge in [0.15, 0.2) is 0 Å². The zero-order valence-electron chi connectivity index (χ0n) is 35.9. The average Bonchev–Trinajstić information content (AvgIpc) is 3.61. The molecule has 2 aromatic heterocycles. The maximum Gasteiger partial charge on any atom is 0.325 e. The summed E-state index contributed by atoms with van der Waals surface area (Å²) in [5, 5.41) is 4.16. The number of nitrogens with zero attached hydrogens (tertiary/aromatic N) is 4. The summed E-state index contributed by atoms with van der Waals surface area (Å²) in [6.45, 7) is 12.5. The second-order valence-corrected chi connectivity index (χ2v) is 18.2. The first kappa shape index (κ1) is 46.8. The van der Waals surface area contributed by atoms with E-state index in [1.54, 1.807) is 4.90 Å². The average molecular weight is 891 g/mol. The Bertz CT molecular complexity index is 2060. The number of anilines is 1. The van der Waals surface area contributed by atoms with Gasteiger partial charge in [-0.25, -0.2) is 0 Å². The van der Waals surface area contributed by atoms with Gasteiger partial charge in [-0.1, -0.05) is 38.1 Å². The Morgan fingerprint density at radius 3 is 2.47 bits per heavy atom. The van der Waals surface area contributed by atoms with Crippen LogP contribution in [0.15, 0.2) is 73.1 Å². The Labute approximate surface area is 369 Å². The lowest BCUT2D eigenvalue weighted by molar-refractivity contribution is -0.147. The van der Waals surface area contributed by atoms with Gasteiger partial charge in [0.05, 0.1) is 33.5 Å². The van der Waals surface area contributed by atoms with Gasteiger partial charge in [0.1, 0.15) is 17.8 Å². The molecule has 2 N–H and O–H groups in total. The maximum absolute atomic E-state index is 13.2. The lowest BCUT2D eigenvalue weighted by Crippen LogP contribution is -2.48. The second-order valence-electron chi connectivity index (χ2n) is 16.3. The molecule has 8 rings (SSSR count). The van der Waals surface area contributed by atoms with E-state index in [9.17, 15) is 23.7 Å². The van der Waals surface area contributed by atoms with E-state index >= 15 is 0 Å². The van der Waals surface area contributed by atoms with Crippen molar-refractivity contribution in [3.05, 3.63) is 89.1 Å². The summed E-state index contributed by atoms with van der Waals surface area (Å²) in [5.41, 5.74) is 5.01. The summed E-state index contributed by atoms with van der Waals surface area (Å²) in [7, 11) is 0.339. The number of amides is 3. The molecule has 4 aliphatic rings. The van der Waals surface area contributed by atoms with Gasteiger partial charge in [0.2, 0.25) is 12.3 Å². The second kappa shape index (κ2) is 23.7. The number of hydrogen-bond donors (Lipinski definition) is 2. The lowest BCUT2D eigenvalue weighted by atomic mass is 9.91. The normalized spacial score (nSPS) is 19.4. The Morgan fingerprint density at radius 1 is 1.05 bits per heavy atom. The van der Waals surface area contributed by atoms with E-state index in [0.29, 0.717) is 38.0 Å². The van der Waals surface area contributed by atoms with Crippen LogP contribution in [0.4, 0.5) is 10.2 Å². The van der Waals surface area contributed by atoms with Crippen molar-refractivity contribution < 1.29 is 37.7 Å². The van der Waals surface area contributed by atoms with E-state index < -0.39 is 18.1 Å². The molecular weight excluding hydrogens is 831 g/mol. The minimum atomic E-state index is -0.855. The van der Waals surface area contributed by atoms with E-state index in [1.165, 1.54) is 40.6 Å². The molecule has 334 valence electrons. The monoisotopic (exact) mass is 890 g/mol. The number of pyridine rings is 1. The Morgan fingerprint density at radius 2 is 1.79 bits per heavy atom. The van der Waals surface area contributed by atoms with Crippen molar-refractivity contribution in [3.8, 4) is 5.75 Å². The summed E-state index contributed by atoms with van der Waals surface area (Å²) in [6, 6.07) is 18.9. The van der Waals surface area contributed by atoms with E-state index in [-0.39, 0.29) is 11.8 Å². The van der Waals surface area contributed by atoms with E-state index in [4.69, 9.17) is 9.26 Å². The number of rotatable bonds is 16. The highest BCUT2D eigenvalue weighted by Gasteiger charge is 2.39. The molecule has 62 heavy (non-hydrogen) atoms. The van der Waals surface area contributed by atoms with Gasteiger partial charge in [-0.05, 0) is 98.2 Å². The minimum absolute atomic E-state index is 0.0905. The van der Waals surface area contributed by atoms with Gasteiger partial charge in [0, 0.05) is 79.7 Å². The summed E-state index contributed by atoms with van der Waals surface area (Å²) in [4.78, 5) is 58.5. The molecule has 13 nitrogen and oxygen atoms in total. The molecule has 2 aromatic carbocycles. The summed E-state index contributed by atoms with van der Waals surface area (Å²) in [5.74, 6) is 1.91. The van der Waals surface area contributed by atoms with Crippen molar-refractivity contribution >= 4 is 60.1 Å². The van der Waals surface area contributed by atoms with Crippen LogP contribution in [0.5, 0.6) is 5.75 Å². The van der Waals surface area contributed by atoms with Crippen molar-refractivity contribution in [2.75, 3.05) is 64.0 Å². The molecular formula is C46H60FN6O7PS. The van der Waals surface area contributed by atoms with Gasteiger partial charge in [0.25, 0.3) is 5.91 Å². The van der Waals surface area contributed by atoms with Crippen molar-refractivity contribution in [2.24, 2.45) is 11.8 Å². The van der Waals surface area contributed by atoms with Gasteiger partial charge >= 0.3 is 5.97 Å². The Hall–Kier alpha value is -4.69. The summed E-state index contributed by atoms with van der Waals surface area (Å²) in [6.07, 6.45) is 10.3. The predicted octanol–water partition coefficient (Wildman–Crippen LogP) is 7.12. The third kappa shape index (κ3) is 13.4. The zero-order valence-corrected chi connectivity index (χ0v) is 37.7. The number of carbonyl (C=O) groups excluding carboxylic acids is 4. The van der Waals surface area contributed by atoms with Gasteiger partial charge in [-0.3, -0.25) is 24.2 Å². The Balaban J connectivity index is 0.000000190. The topological polar surface area (TPSA) is 143 Å². The zero-order chi connectivity index (χ0) is 43.8. The van der Waals surface area contributed by atoms with Gasteiger partial charge < -0.3 is 34.0 Å². The number of morpholine rings is 1. The molecule has 1 aliphatic carbocycles. The maximum atomic E-state index is 13.2. The summed E-state index contributed by atoms with van der Waals surface area (Å²) >= 11 is 1.49.